The van der Waals surface area contributed by atoms with Crippen LogP contribution in [0.1, 0.15) is 33.0 Å². The fraction of sp³-hybridized carbons (Fsp3) is 0.148. The Hall–Kier alpha value is -4.80. The SMILES string of the molecule is Cc1cc(C)cc(OCc2ccc(C(=O)Nc3cc(Oc4cccc(C(F)(F)F)c4)cc([N+](=O)[O-])c3)o2)c1. The van der Waals surface area contributed by atoms with Crippen molar-refractivity contribution in [3.05, 3.63) is 111 Å². The fourth-order valence-electron chi connectivity index (χ4n) is 3.63. The van der Waals surface area contributed by atoms with Crippen LogP contribution < -0.4 is 14.8 Å². The standard InChI is InChI=1S/C27H21F3N2O6/c1-16-8-17(2)10-23(9-16)36-15-22-6-7-25(38-22)26(33)31-19-12-20(32(34)35)14-24(13-19)37-21-5-3-4-18(11-21)27(28,29)30/h3-14H,15H2,1-2H3,(H,31,33). The maximum absolute atomic E-state index is 13.0. The zero-order chi connectivity index (χ0) is 27.4. The molecule has 0 saturated carbocycles. The summed E-state index contributed by atoms with van der Waals surface area (Å²) in [5.41, 5.74) is 0.673. The van der Waals surface area contributed by atoms with Crippen LogP contribution in [0, 0.1) is 24.0 Å². The van der Waals surface area contributed by atoms with E-state index in [0.29, 0.717) is 11.5 Å². The van der Waals surface area contributed by atoms with Gasteiger partial charge in [-0.2, -0.15) is 13.2 Å². The largest absolute Gasteiger partial charge is 0.486 e. The number of aryl methyl sites for hydroxylation is 2. The van der Waals surface area contributed by atoms with E-state index in [2.05, 4.69) is 5.32 Å². The first-order valence-electron chi connectivity index (χ1n) is 11.2. The van der Waals surface area contributed by atoms with Crippen LogP contribution in [0.2, 0.25) is 0 Å². The molecule has 0 fully saturated rings. The molecular formula is C27H21F3N2O6. The average Bonchev–Trinajstić information content (AvgIpc) is 3.31. The van der Waals surface area contributed by atoms with Crippen LogP contribution in [-0.2, 0) is 12.8 Å². The Kier molecular flexibility index (Phi) is 7.38. The summed E-state index contributed by atoms with van der Waals surface area (Å²) in [6.45, 7) is 3.96. The molecule has 0 spiro atoms. The van der Waals surface area contributed by atoms with Gasteiger partial charge in [0.05, 0.1) is 22.2 Å². The number of furan rings is 1. The second-order valence-corrected chi connectivity index (χ2v) is 8.43. The molecule has 4 aromatic rings. The van der Waals surface area contributed by atoms with Gasteiger partial charge in [0.15, 0.2) is 5.76 Å². The predicted molar refractivity (Wildman–Crippen MR) is 132 cm³/mol. The summed E-state index contributed by atoms with van der Waals surface area (Å²) in [5.74, 6) is -0.0753. The lowest BCUT2D eigenvalue weighted by Crippen LogP contribution is -2.11. The van der Waals surface area contributed by atoms with Gasteiger partial charge in [0.2, 0.25) is 0 Å². The number of anilines is 1. The molecule has 196 valence electrons. The van der Waals surface area contributed by atoms with Gasteiger partial charge < -0.3 is 19.2 Å². The first-order valence-corrected chi connectivity index (χ1v) is 11.2. The molecule has 0 bridgehead atoms. The smallest absolute Gasteiger partial charge is 0.416 e. The van der Waals surface area contributed by atoms with E-state index < -0.39 is 28.3 Å². The van der Waals surface area contributed by atoms with Crippen LogP contribution in [0.4, 0.5) is 24.5 Å². The molecule has 3 aromatic carbocycles. The van der Waals surface area contributed by atoms with Crippen molar-refractivity contribution in [2.75, 3.05) is 5.32 Å². The minimum Gasteiger partial charge on any atom is -0.486 e. The third-order valence-corrected chi connectivity index (χ3v) is 5.22. The molecule has 0 saturated heterocycles. The van der Waals surface area contributed by atoms with Crippen molar-refractivity contribution in [3.8, 4) is 17.2 Å². The van der Waals surface area contributed by atoms with Gasteiger partial charge in [0, 0.05) is 12.1 Å². The number of nitrogens with zero attached hydrogens (tertiary/aromatic N) is 1. The molecule has 4 rings (SSSR count). The highest BCUT2D eigenvalue weighted by Crippen LogP contribution is 2.34. The number of carbonyl (C=O) groups is 1. The number of amides is 1. The van der Waals surface area contributed by atoms with Crippen LogP contribution >= 0.6 is 0 Å². The lowest BCUT2D eigenvalue weighted by atomic mass is 10.1. The number of hydrogen-bond donors (Lipinski definition) is 1. The van der Waals surface area contributed by atoms with Crippen molar-refractivity contribution in [1.82, 2.24) is 0 Å². The maximum Gasteiger partial charge on any atom is 0.416 e. The Balaban J connectivity index is 1.48. The molecule has 0 atom stereocenters. The third kappa shape index (κ3) is 6.69. The van der Waals surface area contributed by atoms with E-state index in [1.165, 1.54) is 18.2 Å². The number of nitrogens with one attached hydrogen (secondary N) is 1. The molecular weight excluding hydrogens is 505 g/mol. The monoisotopic (exact) mass is 526 g/mol. The van der Waals surface area contributed by atoms with Crippen molar-refractivity contribution in [2.45, 2.75) is 26.6 Å². The number of nitro benzene ring substituents is 1. The van der Waals surface area contributed by atoms with Crippen molar-refractivity contribution >= 4 is 17.3 Å². The molecule has 0 aliphatic heterocycles. The topological polar surface area (TPSA) is 104 Å². The molecule has 0 unspecified atom stereocenters. The molecule has 8 nitrogen and oxygen atoms in total. The van der Waals surface area contributed by atoms with E-state index >= 15 is 0 Å². The van der Waals surface area contributed by atoms with Crippen molar-refractivity contribution in [3.63, 3.8) is 0 Å². The normalized spacial score (nSPS) is 11.2. The fourth-order valence-corrected chi connectivity index (χ4v) is 3.63. The highest BCUT2D eigenvalue weighted by Gasteiger charge is 2.30. The average molecular weight is 526 g/mol. The van der Waals surface area contributed by atoms with E-state index in [-0.39, 0.29) is 29.6 Å². The van der Waals surface area contributed by atoms with E-state index in [1.54, 1.807) is 6.07 Å². The van der Waals surface area contributed by atoms with Crippen LogP contribution in [0.5, 0.6) is 17.2 Å². The van der Waals surface area contributed by atoms with Gasteiger partial charge in [0.25, 0.3) is 11.6 Å². The Labute approximate surface area is 214 Å². The summed E-state index contributed by atoms with van der Waals surface area (Å²) in [6.07, 6.45) is -4.59. The molecule has 1 heterocycles. The summed E-state index contributed by atoms with van der Waals surface area (Å²) in [4.78, 5) is 23.4. The Bertz CT molecular complexity index is 1480. The number of non-ortho nitro benzene ring substituents is 1. The molecule has 1 N–H and O–H groups in total. The van der Waals surface area contributed by atoms with Crippen LogP contribution in [0.25, 0.3) is 0 Å². The number of hydrogen-bond acceptors (Lipinski definition) is 6. The second kappa shape index (κ2) is 10.7. The van der Waals surface area contributed by atoms with Gasteiger partial charge >= 0.3 is 6.18 Å². The molecule has 0 aliphatic carbocycles. The highest BCUT2D eigenvalue weighted by molar-refractivity contribution is 6.02. The molecule has 0 aliphatic rings. The summed E-state index contributed by atoms with van der Waals surface area (Å²) in [6, 6.07) is 16.2. The molecule has 38 heavy (non-hydrogen) atoms. The second-order valence-electron chi connectivity index (χ2n) is 8.43. The summed E-state index contributed by atoms with van der Waals surface area (Å²) < 4.78 is 55.7. The Morgan fingerprint density at radius 1 is 0.947 bits per heavy atom. The van der Waals surface area contributed by atoms with Crippen LogP contribution in [0.3, 0.4) is 0 Å². The Morgan fingerprint density at radius 2 is 1.68 bits per heavy atom. The van der Waals surface area contributed by atoms with Gasteiger partial charge in [0.1, 0.15) is 29.6 Å². The highest BCUT2D eigenvalue weighted by atomic mass is 19.4. The van der Waals surface area contributed by atoms with E-state index in [0.717, 1.165) is 41.5 Å². The first-order chi connectivity index (χ1) is 18.0. The zero-order valence-electron chi connectivity index (χ0n) is 20.2. The molecule has 11 heteroatoms. The van der Waals surface area contributed by atoms with E-state index in [9.17, 15) is 28.1 Å². The van der Waals surface area contributed by atoms with Gasteiger partial charge in [-0.1, -0.05) is 12.1 Å². The quantitative estimate of drug-likeness (QED) is 0.189. The van der Waals surface area contributed by atoms with Crippen molar-refractivity contribution in [2.24, 2.45) is 0 Å². The number of nitro groups is 1. The van der Waals surface area contributed by atoms with E-state index in [1.807, 2.05) is 32.0 Å². The number of rotatable bonds is 8. The van der Waals surface area contributed by atoms with Gasteiger partial charge in [-0.05, 0) is 67.4 Å². The lowest BCUT2D eigenvalue weighted by molar-refractivity contribution is -0.384. The summed E-state index contributed by atoms with van der Waals surface area (Å²) in [7, 11) is 0. The predicted octanol–water partition coefficient (Wildman–Crippen LogP) is 7.45. The first kappa shape index (κ1) is 26.3. The number of carbonyl (C=O) groups excluding carboxylic acids is 1. The summed E-state index contributed by atoms with van der Waals surface area (Å²) in [5, 5.41) is 13.9. The van der Waals surface area contributed by atoms with Gasteiger partial charge in [-0.25, -0.2) is 0 Å². The van der Waals surface area contributed by atoms with Gasteiger partial charge in [-0.15, -0.1) is 0 Å². The number of benzene rings is 3. The molecule has 1 amide bonds. The number of alkyl halides is 3. The Morgan fingerprint density at radius 3 is 2.37 bits per heavy atom. The van der Waals surface area contributed by atoms with E-state index in [4.69, 9.17) is 13.9 Å². The number of ether oxygens (including phenoxy) is 2. The molecule has 1 aromatic heterocycles. The van der Waals surface area contributed by atoms with Crippen LogP contribution in [0.15, 0.2) is 77.2 Å². The molecule has 0 radical (unpaired) electrons. The summed E-state index contributed by atoms with van der Waals surface area (Å²) >= 11 is 0. The van der Waals surface area contributed by atoms with Crippen molar-refractivity contribution < 1.29 is 36.8 Å². The van der Waals surface area contributed by atoms with Gasteiger partial charge in [-0.3, -0.25) is 14.9 Å². The lowest BCUT2D eigenvalue weighted by Gasteiger charge is -2.11. The maximum atomic E-state index is 13.0. The van der Waals surface area contributed by atoms with Crippen LogP contribution in [-0.4, -0.2) is 10.8 Å². The van der Waals surface area contributed by atoms with Crippen molar-refractivity contribution in [1.29, 1.82) is 0 Å². The minimum absolute atomic E-state index is 0.0180. The number of halogens is 3. The zero-order valence-corrected chi connectivity index (χ0v) is 20.2. The third-order valence-electron chi connectivity index (χ3n) is 5.22. The minimum atomic E-state index is -4.59.